The van der Waals surface area contributed by atoms with Gasteiger partial charge in [0.25, 0.3) is 0 Å². The maximum absolute atomic E-state index is 14.6. The standard InChI is InChI=1S/C28H28F2O2/c1-2-3-4-22-18-31-28(32-19-22)14-8-21-6-10-23(27(30)16-21)9-5-20-7-11-25-17-26(29)13-12-24(25)15-20/h6-7,10-13,15-17,22,28H,2-4,8,14,18-19H2,1H3. The lowest BCUT2D eigenvalue weighted by molar-refractivity contribution is -0.203. The zero-order chi connectivity index (χ0) is 22.3. The topological polar surface area (TPSA) is 18.5 Å². The molecule has 1 aliphatic rings. The molecule has 3 aromatic carbocycles. The Balaban J connectivity index is 1.34. The lowest BCUT2D eigenvalue weighted by Crippen LogP contribution is -2.32. The van der Waals surface area contributed by atoms with Crippen LogP contribution in [0, 0.1) is 29.4 Å². The van der Waals surface area contributed by atoms with Crippen LogP contribution in [-0.4, -0.2) is 19.5 Å². The van der Waals surface area contributed by atoms with Crippen molar-refractivity contribution in [3.63, 3.8) is 0 Å². The van der Waals surface area contributed by atoms with Gasteiger partial charge in [0.2, 0.25) is 0 Å². The fraction of sp³-hybridized carbons (Fsp3) is 0.357. The monoisotopic (exact) mass is 434 g/mol. The number of ether oxygens (including phenoxy) is 2. The summed E-state index contributed by atoms with van der Waals surface area (Å²) in [6.07, 6.45) is 4.73. The van der Waals surface area contributed by atoms with E-state index in [0.29, 0.717) is 24.3 Å². The van der Waals surface area contributed by atoms with Gasteiger partial charge in [-0.2, -0.15) is 0 Å². The Morgan fingerprint density at radius 1 is 0.875 bits per heavy atom. The molecule has 0 N–H and O–H groups in total. The van der Waals surface area contributed by atoms with Gasteiger partial charge in [0, 0.05) is 17.9 Å². The van der Waals surface area contributed by atoms with E-state index in [1.807, 2.05) is 24.3 Å². The van der Waals surface area contributed by atoms with Crippen LogP contribution >= 0.6 is 0 Å². The molecule has 0 aromatic heterocycles. The van der Waals surface area contributed by atoms with Crippen LogP contribution in [0.2, 0.25) is 0 Å². The Morgan fingerprint density at radius 3 is 2.44 bits per heavy atom. The molecule has 1 fully saturated rings. The highest BCUT2D eigenvalue weighted by Gasteiger charge is 2.21. The molecule has 1 saturated heterocycles. The Morgan fingerprint density at radius 2 is 1.66 bits per heavy atom. The Bertz CT molecular complexity index is 1120. The van der Waals surface area contributed by atoms with Crippen molar-refractivity contribution in [2.45, 2.75) is 45.3 Å². The van der Waals surface area contributed by atoms with Gasteiger partial charge in [0.1, 0.15) is 11.6 Å². The molecule has 0 unspecified atom stereocenters. The quantitative estimate of drug-likeness (QED) is 0.406. The van der Waals surface area contributed by atoms with Gasteiger partial charge in [-0.3, -0.25) is 0 Å². The van der Waals surface area contributed by atoms with Gasteiger partial charge in [-0.05, 0) is 65.6 Å². The third kappa shape index (κ3) is 5.94. The largest absolute Gasteiger partial charge is 0.352 e. The first-order valence-electron chi connectivity index (χ1n) is 11.3. The Labute approximate surface area is 188 Å². The smallest absolute Gasteiger partial charge is 0.157 e. The molecule has 1 aliphatic heterocycles. The molecule has 0 spiro atoms. The molecule has 4 rings (SSSR count). The second kappa shape index (κ2) is 10.7. The number of halogens is 2. The first-order valence-corrected chi connectivity index (χ1v) is 11.3. The van der Waals surface area contributed by atoms with Crippen molar-refractivity contribution in [2.24, 2.45) is 5.92 Å². The molecule has 4 heteroatoms. The van der Waals surface area contributed by atoms with E-state index in [9.17, 15) is 8.78 Å². The van der Waals surface area contributed by atoms with Gasteiger partial charge in [-0.1, -0.05) is 49.8 Å². The van der Waals surface area contributed by atoms with Gasteiger partial charge in [0.05, 0.1) is 18.8 Å². The van der Waals surface area contributed by atoms with E-state index in [-0.39, 0.29) is 17.9 Å². The first-order chi connectivity index (χ1) is 15.6. The maximum atomic E-state index is 14.6. The zero-order valence-electron chi connectivity index (χ0n) is 18.4. The van der Waals surface area contributed by atoms with Crippen molar-refractivity contribution in [1.29, 1.82) is 0 Å². The van der Waals surface area contributed by atoms with Crippen LogP contribution in [0.1, 0.15) is 49.3 Å². The van der Waals surface area contributed by atoms with E-state index in [1.165, 1.54) is 25.0 Å². The van der Waals surface area contributed by atoms with Gasteiger partial charge < -0.3 is 9.47 Å². The number of benzene rings is 3. The molecule has 0 aliphatic carbocycles. The second-order valence-corrected chi connectivity index (χ2v) is 8.41. The number of aryl methyl sites for hydroxylation is 1. The molecule has 166 valence electrons. The fourth-order valence-corrected chi connectivity index (χ4v) is 3.94. The third-order valence-electron chi connectivity index (χ3n) is 5.85. The highest BCUT2D eigenvalue weighted by molar-refractivity contribution is 5.83. The van der Waals surface area contributed by atoms with Crippen LogP contribution in [0.5, 0.6) is 0 Å². The maximum Gasteiger partial charge on any atom is 0.157 e. The molecule has 0 saturated carbocycles. The van der Waals surface area contributed by atoms with E-state index in [0.717, 1.165) is 41.5 Å². The van der Waals surface area contributed by atoms with E-state index >= 15 is 0 Å². The molecular formula is C28H28F2O2. The summed E-state index contributed by atoms with van der Waals surface area (Å²) < 4.78 is 39.6. The van der Waals surface area contributed by atoms with Crippen molar-refractivity contribution < 1.29 is 18.3 Å². The fourth-order valence-electron chi connectivity index (χ4n) is 3.94. The van der Waals surface area contributed by atoms with Crippen molar-refractivity contribution in [3.05, 3.63) is 82.9 Å². The van der Waals surface area contributed by atoms with Gasteiger partial charge in [-0.15, -0.1) is 0 Å². The molecule has 0 atom stereocenters. The van der Waals surface area contributed by atoms with Gasteiger partial charge in [0.15, 0.2) is 6.29 Å². The zero-order valence-corrected chi connectivity index (χ0v) is 18.4. The van der Waals surface area contributed by atoms with Crippen molar-refractivity contribution in [2.75, 3.05) is 13.2 Å². The van der Waals surface area contributed by atoms with Crippen LogP contribution in [0.25, 0.3) is 10.8 Å². The number of hydrogen-bond donors (Lipinski definition) is 0. The summed E-state index contributed by atoms with van der Waals surface area (Å²) in [6, 6.07) is 15.3. The summed E-state index contributed by atoms with van der Waals surface area (Å²) in [5.41, 5.74) is 2.02. The highest BCUT2D eigenvalue weighted by atomic mass is 19.1. The number of hydrogen-bond acceptors (Lipinski definition) is 2. The van der Waals surface area contributed by atoms with Crippen LogP contribution in [0.4, 0.5) is 8.78 Å². The average molecular weight is 435 g/mol. The van der Waals surface area contributed by atoms with Crippen LogP contribution in [0.3, 0.4) is 0 Å². The molecule has 3 aromatic rings. The van der Waals surface area contributed by atoms with E-state index in [2.05, 4.69) is 18.8 Å². The second-order valence-electron chi connectivity index (χ2n) is 8.41. The molecule has 0 bridgehead atoms. The van der Waals surface area contributed by atoms with Gasteiger partial charge in [-0.25, -0.2) is 8.78 Å². The Hall–Kier alpha value is -2.74. The lowest BCUT2D eigenvalue weighted by Gasteiger charge is -2.29. The molecule has 32 heavy (non-hydrogen) atoms. The summed E-state index contributed by atoms with van der Waals surface area (Å²) in [6.45, 7) is 3.69. The minimum atomic E-state index is -0.331. The number of unbranched alkanes of at least 4 members (excludes halogenated alkanes) is 1. The molecular weight excluding hydrogens is 406 g/mol. The molecule has 0 radical (unpaired) electrons. The average Bonchev–Trinajstić information content (AvgIpc) is 2.81. The van der Waals surface area contributed by atoms with Crippen LogP contribution < -0.4 is 0 Å². The SMILES string of the molecule is CCCCC1COC(CCc2ccc(C#Cc3ccc4cc(F)ccc4c3)c(F)c2)OC1. The summed E-state index contributed by atoms with van der Waals surface area (Å²) >= 11 is 0. The molecule has 0 amide bonds. The van der Waals surface area contributed by atoms with Crippen molar-refractivity contribution in [1.82, 2.24) is 0 Å². The Kier molecular flexibility index (Phi) is 7.52. The summed E-state index contributed by atoms with van der Waals surface area (Å²) in [5.74, 6) is 5.81. The first kappa shape index (κ1) is 22.5. The lowest BCUT2D eigenvalue weighted by atomic mass is 10.0. The van der Waals surface area contributed by atoms with Crippen molar-refractivity contribution >= 4 is 10.8 Å². The highest BCUT2D eigenvalue weighted by Crippen LogP contribution is 2.21. The third-order valence-corrected chi connectivity index (χ3v) is 5.85. The summed E-state index contributed by atoms with van der Waals surface area (Å²) in [4.78, 5) is 0. The van der Waals surface area contributed by atoms with Gasteiger partial charge >= 0.3 is 0 Å². The predicted octanol–water partition coefficient (Wildman–Crippen LogP) is 6.63. The van der Waals surface area contributed by atoms with Crippen LogP contribution in [0.15, 0.2) is 54.6 Å². The summed E-state index contributed by atoms with van der Waals surface area (Å²) in [7, 11) is 0. The predicted molar refractivity (Wildman–Crippen MR) is 123 cm³/mol. The minimum absolute atomic E-state index is 0.211. The normalized spacial score (nSPS) is 18.3. The van der Waals surface area contributed by atoms with E-state index in [4.69, 9.17) is 9.47 Å². The number of rotatable bonds is 6. The van der Waals surface area contributed by atoms with E-state index < -0.39 is 0 Å². The summed E-state index contributed by atoms with van der Waals surface area (Å²) in [5, 5.41) is 1.71. The molecule has 2 nitrogen and oxygen atoms in total. The number of fused-ring (bicyclic) bond motifs is 1. The van der Waals surface area contributed by atoms with E-state index in [1.54, 1.807) is 18.2 Å². The van der Waals surface area contributed by atoms with Crippen molar-refractivity contribution in [3.8, 4) is 11.8 Å². The molecule has 1 heterocycles. The minimum Gasteiger partial charge on any atom is -0.352 e. The van der Waals surface area contributed by atoms with Crippen LogP contribution in [-0.2, 0) is 15.9 Å².